The molecule has 2 aromatic rings. The molecule has 2 heterocycles. The Morgan fingerprint density at radius 1 is 1.41 bits per heavy atom. The Bertz CT molecular complexity index is 803. The maximum Gasteiger partial charge on any atom is 0.239 e. The van der Waals surface area contributed by atoms with Gasteiger partial charge >= 0.3 is 0 Å². The lowest BCUT2D eigenvalue weighted by Crippen LogP contribution is -2.48. The Labute approximate surface area is 158 Å². The van der Waals surface area contributed by atoms with Crippen LogP contribution < -0.4 is 10.6 Å². The predicted molar refractivity (Wildman–Crippen MR) is 102 cm³/mol. The highest BCUT2D eigenvalue weighted by Crippen LogP contribution is 2.40. The largest absolute Gasteiger partial charge is 0.314 e. The molecule has 0 bridgehead atoms. The Morgan fingerprint density at radius 3 is 3.04 bits per heavy atom. The zero-order chi connectivity index (χ0) is 18.8. The average molecular weight is 371 g/mol. The van der Waals surface area contributed by atoms with Crippen molar-refractivity contribution in [1.29, 1.82) is 0 Å². The van der Waals surface area contributed by atoms with Crippen LogP contribution in [0, 0.1) is 11.7 Å². The van der Waals surface area contributed by atoms with Gasteiger partial charge in [-0.3, -0.25) is 9.69 Å². The van der Waals surface area contributed by atoms with E-state index in [1.54, 1.807) is 18.3 Å². The summed E-state index contributed by atoms with van der Waals surface area (Å²) >= 11 is 0. The topological polar surface area (TPSA) is 62.2 Å². The molecule has 6 nitrogen and oxygen atoms in total. The molecule has 144 valence electrons. The van der Waals surface area contributed by atoms with Crippen LogP contribution in [0.2, 0.25) is 0 Å². The average Bonchev–Trinajstić information content (AvgIpc) is 3.41. The molecule has 1 saturated carbocycles. The molecule has 27 heavy (non-hydrogen) atoms. The molecule has 2 fully saturated rings. The molecule has 2 aliphatic rings. The predicted octanol–water partition coefficient (Wildman–Crippen LogP) is 2.58. The molecule has 2 unspecified atom stereocenters. The van der Waals surface area contributed by atoms with E-state index in [1.807, 2.05) is 16.8 Å². The third-order valence-corrected chi connectivity index (χ3v) is 5.56. The second kappa shape index (κ2) is 7.78. The molecule has 4 rings (SSSR count). The summed E-state index contributed by atoms with van der Waals surface area (Å²) in [6.07, 6.45) is 4.18. The van der Waals surface area contributed by atoms with Crippen molar-refractivity contribution < 1.29 is 9.18 Å². The van der Waals surface area contributed by atoms with Gasteiger partial charge in [0.15, 0.2) is 0 Å². The first-order valence-corrected chi connectivity index (χ1v) is 9.65. The summed E-state index contributed by atoms with van der Waals surface area (Å²) in [4.78, 5) is 14.8. The van der Waals surface area contributed by atoms with Gasteiger partial charge in [0.25, 0.3) is 0 Å². The minimum atomic E-state index is -0.250. The van der Waals surface area contributed by atoms with E-state index in [0.717, 1.165) is 24.5 Å². The summed E-state index contributed by atoms with van der Waals surface area (Å²) in [6.45, 7) is 4.68. The van der Waals surface area contributed by atoms with Gasteiger partial charge in [-0.1, -0.05) is 12.1 Å². The van der Waals surface area contributed by atoms with Crippen LogP contribution >= 0.6 is 0 Å². The summed E-state index contributed by atoms with van der Waals surface area (Å²) < 4.78 is 15.5. The standard InChI is InChI=1S/C20H26FN5O/c1-14(15-5-6-15)26-19(7-8-23-26)24-20(27)13-25-10-9-22-12-18(25)16-3-2-4-17(21)11-16/h2-4,7-8,11,14-15,18,22H,5-6,9-10,12-13H2,1H3,(H,24,27). The zero-order valence-electron chi connectivity index (χ0n) is 15.6. The highest BCUT2D eigenvalue weighted by molar-refractivity contribution is 5.91. The van der Waals surface area contributed by atoms with Crippen molar-refractivity contribution in [3.8, 4) is 0 Å². The molecule has 0 radical (unpaired) electrons. The number of piperazine rings is 1. The quantitative estimate of drug-likeness (QED) is 0.819. The number of aromatic nitrogens is 2. The Kier molecular flexibility index (Phi) is 5.22. The number of halogens is 1. The van der Waals surface area contributed by atoms with Crippen LogP contribution in [-0.4, -0.2) is 46.8 Å². The molecule has 1 amide bonds. The van der Waals surface area contributed by atoms with E-state index >= 15 is 0 Å². The van der Waals surface area contributed by atoms with Crippen LogP contribution in [0.5, 0.6) is 0 Å². The van der Waals surface area contributed by atoms with Gasteiger partial charge in [0.1, 0.15) is 11.6 Å². The number of rotatable bonds is 6. The Hall–Kier alpha value is -2.25. The minimum Gasteiger partial charge on any atom is -0.314 e. The molecule has 0 spiro atoms. The number of nitrogens with zero attached hydrogens (tertiary/aromatic N) is 3. The van der Waals surface area contributed by atoms with Gasteiger partial charge < -0.3 is 10.6 Å². The van der Waals surface area contributed by atoms with Crippen molar-refractivity contribution in [2.24, 2.45) is 5.92 Å². The molecular weight excluding hydrogens is 345 g/mol. The number of hydrogen-bond acceptors (Lipinski definition) is 4. The first kappa shape index (κ1) is 18.1. The molecular formula is C20H26FN5O. The number of nitrogens with one attached hydrogen (secondary N) is 2. The van der Waals surface area contributed by atoms with Crippen molar-refractivity contribution in [2.45, 2.75) is 31.8 Å². The number of amides is 1. The van der Waals surface area contributed by atoms with Gasteiger partial charge in [-0.25, -0.2) is 9.07 Å². The highest BCUT2D eigenvalue weighted by Gasteiger charge is 2.31. The van der Waals surface area contributed by atoms with Gasteiger partial charge in [0, 0.05) is 31.7 Å². The summed E-state index contributed by atoms with van der Waals surface area (Å²) in [5.74, 6) is 1.09. The van der Waals surface area contributed by atoms with Crippen LogP contribution in [0.1, 0.15) is 37.4 Å². The van der Waals surface area contributed by atoms with Crippen molar-refractivity contribution in [3.63, 3.8) is 0 Å². The van der Waals surface area contributed by atoms with E-state index in [1.165, 1.54) is 18.9 Å². The fraction of sp³-hybridized carbons (Fsp3) is 0.500. The summed E-state index contributed by atoms with van der Waals surface area (Å²) in [6, 6.07) is 8.75. The molecule has 1 aromatic carbocycles. The Morgan fingerprint density at radius 2 is 2.26 bits per heavy atom. The zero-order valence-corrected chi connectivity index (χ0v) is 15.6. The lowest BCUT2D eigenvalue weighted by atomic mass is 10.0. The van der Waals surface area contributed by atoms with E-state index in [-0.39, 0.29) is 24.3 Å². The van der Waals surface area contributed by atoms with Gasteiger partial charge in [-0.2, -0.15) is 5.10 Å². The number of carbonyl (C=O) groups excluding carboxylic acids is 1. The molecule has 1 aliphatic carbocycles. The van der Waals surface area contributed by atoms with Gasteiger partial charge in [0.05, 0.1) is 18.8 Å². The monoisotopic (exact) mass is 371 g/mol. The van der Waals surface area contributed by atoms with E-state index < -0.39 is 0 Å². The maximum absolute atomic E-state index is 13.6. The van der Waals surface area contributed by atoms with Crippen molar-refractivity contribution >= 4 is 11.7 Å². The molecule has 7 heteroatoms. The van der Waals surface area contributed by atoms with E-state index in [2.05, 4.69) is 27.6 Å². The van der Waals surface area contributed by atoms with E-state index in [0.29, 0.717) is 18.5 Å². The normalized spacial score (nSPS) is 21.8. The Balaban J connectivity index is 1.43. The van der Waals surface area contributed by atoms with Crippen LogP contribution in [0.15, 0.2) is 36.5 Å². The molecule has 1 saturated heterocycles. The smallest absolute Gasteiger partial charge is 0.239 e. The third-order valence-electron chi connectivity index (χ3n) is 5.56. The second-order valence-corrected chi connectivity index (χ2v) is 7.53. The summed E-state index contributed by atoms with van der Waals surface area (Å²) in [5, 5.41) is 10.7. The van der Waals surface area contributed by atoms with Crippen molar-refractivity contribution in [2.75, 3.05) is 31.5 Å². The van der Waals surface area contributed by atoms with Crippen molar-refractivity contribution in [3.05, 3.63) is 47.9 Å². The van der Waals surface area contributed by atoms with Crippen LogP contribution in [0.4, 0.5) is 10.2 Å². The molecule has 1 aromatic heterocycles. The molecule has 1 aliphatic heterocycles. The van der Waals surface area contributed by atoms with E-state index in [9.17, 15) is 9.18 Å². The fourth-order valence-corrected chi connectivity index (χ4v) is 3.86. The first-order valence-electron chi connectivity index (χ1n) is 9.65. The number of carbonyl (C=O) groups is 1. The number of anilines is 1. The lowest BCUT2D eigenvalue weighted by molar-refractivity contribution is -0.118. The third kappa shape index (κ3) is 4.20. The number of hydrogen-bond donors (Lipinski definition) is 2. The minimum absolute atomic E-state index is 0.0181. The fourth-order valence-electron chi connectivity index (χ4n) is 3.86. The lowest BCUT2D eigenvalue weighted by Gasteiger charge is -2.36. The summed E-state index contributed by atoms with van der Waals surface area (Å²) in [7, 11) is 0. The number of benzene rings is 1. The maximum atomic E-state index is 13.6. The van der Waals surface area contributed by atoms with Crippen LogP contribution in [0.25, 0.3) is 0 Å². The van der Waals surface area contributed by atoms with Gasteiger partial charge in [-0.05, 0) is 43.4 Å². The molecule has 2 N–H and O–H groups in total. The highest BCUT2D eigenvalue weighted by atomic mass is 19.1. The first-order chi connectivity index (χ1) is 13.1. The second-order valence-electron chi connectivity index (χ2n) is 7.53. The summed E-state index contributed by atoms with van der Waals surface area (Å²) in [5.41, 5.74) is 0.891. The van der Waals surface area contributed by atoms with Gasteiger partial charge in [0.2, 0.25) is 5.91 Å². The SMILES string of the molecule is CC(C1CC1)n1nccc1NC(=O)CN1CCNCC1c1cccc(F)c1. The molecule has 2 atom stereocenters. The van der Waals surface area contributed by atoms with Crippen LogP contribution in [-0.2, 0) is 4.79 Å². The van der Waals surface area contributed by atoms with Crippen molar-refractivity contribution in [1.82, 2.24) is 20.0 Å². The van der Waals surface area contributed by atoms with Crippen LogP contribution in [0.3, 0.4) is 0 Å². The van der Waals surface area contributed by atoms with E-state index in [4.69, 9.17) is 0 Å². The van der Waals surface area contributed by atoms with Gasteiger partial charge in [-0.15, -0.1) is 0 Å².